The van der Waals surface area contributed by atoms with Gasteiger partial charge in [-0.1, -0.05) is 11.6 Å². The fourth-order valence-electron chi connectivity index (χ4n) is 0.0910. The summed E-state index contributed by atoms with van der Waals surface area (Å²) in [6.45, 7) is 0. The van der Waals surface area contributed by atoms with Crippen LogP contribution in [0, 0.1) is 0 Å². The third-order valence-electron chi connectivity index (χ3n) is 0.532. The number of hydrogen-bond donors (Lipinski definition) is 0. The maximum absolute atomic E-state index is 11.9. The van der Waals surface area contributed by atoms with E-state index >= 15 is 0 Å². The van der Waals surface area contributed by atoms with Crippen LogP contribution in [0.3, 0.4) is 0 Å². The Morgan fingerprint density at radius 2 is 1.50 bits per heavy atom. The molecule has 0 aliphatic rings. The molecule has 0 N–H and O–H groups in total. The first-order chi connectivity index (χ1) is 4.19. The van der Waals surface area contributed by atoms with Gasteiger partial charge in [-0.3, -0.25) is 0 Å². The standard InChI is InChI=1S/C2Cl2F4OS/c3-1(5,10(4)9)2(6,7)8. The Labute approximate surface area is 65.3 Å². The van der Waals surface area contributed by atoms with E-state index in [1.54, 1.807) is 0 Å². The summed E-state index contributed by atoms with van der Waals surface area (Å²) in [6.07, 6.45) is -5.42. The molecule has 10 heavy (non-hydrogen) atoms. The van der Waals surface area contributed by atoms with E-state index in [1.807, 2.05) is 0 Å². The Balaban J connectivity index is 4.57. The molecule has 0 aliphatic heterocycles. The molecule has 0 spiro atoms. The van der Waals surface area contributed by atoms with Crippen molar-refractivity contribution in [2.75, 3.05) is 0 Å². The molecule has 0 heterocycles. The third kappa shape index (κ3) is 1.96. The lowest BCUT2D eigenvalue weighted by atomic mass is 10.7. The second kappa shape index (κ2) is 2.83. The number of rotatable bonds is 1. The summed E-state index contributed by atoms with van der Waals surface area (Å²) < 4.78 is 51.2. The average molecular weight is 219 g/mol. The summed E-state index contributed by atoms with van der Waals surface area (Å²) in [7, 11) is 1.000. The molecule has 8 heteroatoms. The van der Waals surface area contributed by atoms with Gasteiger partial charge in [-0.15, -0.1) is 0 Å². The molecule has 0 radical (unpaired) electrons. The van der Waals surface area contributed by atoms with Crippen LogP contribution < -0.4 is 0 Å². The molecule has 0 aromatic carbocycles. The Bertz CT molecular complexity index is 154. The molecule has 0 aromatic heterocycles. The van der Waals surface area contributed by atoms with Crippen LogP contribution in [0.4, 0.5) is 17.6 Å². The van der Waals surface area contributed by atoms with Crippen LogP contribution in [0.15, 0.2) is 0 Å². The maximum Gasteiger partial charge on any atom is 0.451 e. The highest BCUT2D eigenvalue weighted by atomic mass is 35.7. The molecule has 0 fully saturated rings. The number of halogens is 6. The molecule has 0 saturated carbocycles. The molecular weight excluding hydrogens is 219 g/mol. The van der Waals surface area contributed by atoms with E-state index in [0.717, 1.165) is 0 Å². The summed E-state index contributed by atoms with van der Waals surface area (Å²) >= 11 is 4.12. The number of alkyl halides is 5. The molecule has 1 nitrogen and oxygen atoms in total. The first-order valence-corrected chi connectivity index (χ1v) is 4.07. The van der Waals surface area contributed by atoms with Gasteiger partial charge in [0.05, 0.1) is 0 Å². The van der Waals surface area contributed by atoms with Gasteiger partial charge in [0.1, 0.15) is 0 Å². The Kier molecular flexibility index (Phi) is 2.95. The SMILES string of the molecule is O=S(Cl)C(F)(Cl)C(F)(F)F. The molecule has 0 aromatic rings. The molecule has 2 atom stereocenters. The fraction of sp³-hybridized carbons (Fsp3) is 1.00. The highest BCUT2D eigenvalue weighted by Gasteiger charge is 2.60. The van der Waals surface area contributed by atoms with E-state index in [2.05, 4.69) is 22.3 Å². The van der Waals surface area contributed by atoms with E-state index < -0.39 is 20.6 Å². The van der Waals surface area contributed by atoms with E-state index in [9.17, 15) is 21.8 Å². The van der Waals surface area contributed by atoms with Gasteiger partial charge < -0.3 is 0 Å². The van der Waals surface area contributed by atoms with Crippen molar-refractivity contribution in [1.82, 2.24) is 0 Å². The Hall–Kier alpha value is 0.450. The summed E-state index contributed by atoms with van der Waals surface area (Å²) in [4.78, 5) is 0. The van der Waals surface area contributed by atoms with E-state index in [-0.39, 0.29) is 0 Å². The zero-order valence-electron chi connectivity index (χ0n) is 4.08. The minimum Gasteiger partial charge on any atom is -0.238 e. The number of hydrogen-bond acceptors (Lipinski definition) is 1. The first-order valence-electron chi connectivity index (χ1n) is 1.72. The topological polar surface area (TPSA) is 17.1 Å². The monoisotopic (exact) mass is 218 g/mol. The molecule has 0 rings (SSSR count). The van der Waals surface area contributed by atoms with Crippen molar-refractivity contribution in [2.24, 2.45) is 0 Å². The van der Waals surface area contributed by atoms with Crippen LogP contribution in [0.25, 0.3) is 0 Å². The molecular formula is C2Cl2F4OS. The lowest BCUT2D eigenvalue weighted by molar-refractivity contribution is -0.169. The van der Waals surface area contributed by atoms with Gasteiger partial charge in [-0.2, -0.15) is 17.6 Å². The molecule has 0 saturated heterocycles. The largest absolute Gasteiger partial charge is 0.451 e. The molecule has 0 aliphatic carbocycles. The zero-order chi connectivity index (χ0) is 8.58. The van der Waals surface area contributed by atoms with Crippen molar-refractivity contribution >= 4 is 32.3 Å². The molecule has 62 valence electrons. The van der Waals surface area contributed by atoms with E-state index in [1.165, 1.54) is 0 Å². The third-order valence-corrected chi connectivity index (χ3v) is 2.68. The van der Waals surface area contributed by atoms with Crippen molar-refractivity contribution in [1.29, 1.82) is 0 Å². The molecule has 0 bridgehead atoms. The molecule has 0 amide bonds. The van der Waals surface area contributed by atoms with Crippen LogP contribution >= 0.6 is 22.3 Å². The maximum atomic E-state index is 11.9. The predicted molar refractivity (Wildman–Crippen MR) is 29.7 cm³/mol. The quantitative estimate of drug-likeness (QED) is 0.375. The minimum absolute atomic E-state index is 3.30. The lowest BCUT2D eigenvalue weighted by Crippen LogP contribution is -2.37. The van der Waals surface area contributed by atoms with Crippen LogP contribution in [0.5, 0.6) is 0 Å². The lowest BCUT2D eigenvalue weighted by Gasteiger charge is -2.15. The predicted octanol–water partition coefficient (Wildman–Crippen LogP) is 2.31. The second-order valence-corrected chi connectivity index (χ2v) is 3.83. The van der Waals surface area contributed by atoms with Gasteiger partial charge in [0.2, 0.25) is 0 Å². The summed E-state index contributed by atoms with van der Waals surface area (Å²) in [5.74, 6) is 0. The van der Waals surface area contributed by atoms with Crippen molar-refractivity contribution < 1.29 is 21.8 Å². The van der Waals surface area contributed by atoms with Crippen LogP contribution in [0.2, 0.25) is 0 Å². The van der Waals surface area contributed by atoms with Crippen molar-refractivity contribution in [3.05, 3.63) is 0 Å². The van der Waals surface area contributed by atoms with Gasteiger partial charge in [-0.05, 0) is 10.7 Å². The summed E-state index contributed by atoms with van der Waals surface area (Å²) in [5, 5.41) is 0. The first kappa shape index (κ1) is 10.4. The highest BCUT2D eigenvalue weighted by Crippen LogP contribution is 2.41. The normalized spacial score (nSPS) is 21.8. The summed E-state index contributed by atoms with van der Waals surface area (Å²) in [6, 6.07) is 0. The highest BCUT2D eigenvalue weighted by molar-refractivity contribution is 8.10. The average Bonchev–Trinajstić information content (AvgIpc) is 1.62. The van der Waals surface area contributed by atoms with Gasteiger partial charge in [0.15, 0.2) is 10.0 Å². The van der Waals surface area contributed by atoms with Gasteiger partial charge >= 0.3 is 10.6 Å². The smallest absolute Gasteiger partial charge is 0.238 e. The zero-order valence-corrected chi connectivity index (χ0v) is 6.41. The second-order valence-electron chi connectivity index (χ2n) is 1.24. The van der Waals surface area contributed by atoms with E-state index in [4.69, 9.17) is 0 Å². The Morgan fingerprint density at radius 1 is 1.20 bits per heavy atom. The fourth-order valence-corrected chi connectivity index (χ4v) is 0.535. The van der Waals surface area contributed by atoms with Gasteiger partial charge in [0, 0.05) is 0 Å². The van der Waals surface area contributed by atoms with Crippen molar-refractivity contribution in [3.8, 4) is 0 Å². The molecule has 2 unspecified atom stereocenters. The van der Waals surface area contributed by atoms with Crippen LogP contribution in [0.1, 0.15) is 0 Å². The van der Waals surface area contributed by atoms with Gasteiger partial charge in [-0.25, -0.2) is 4.21 Å². The van der Waals surface area contributed by atoms with Crippen LogP contribution in [-0.2, 0) is 10.0 Å². The Morgan fingerprint density at radius 3 is 1.50 bits per heavy atom. The van der Waals surface area contributed by atoms with Gasteiger partial charge in [0.25, 0.3) is 0 Å². The van der Waals surface area contributed by atoms with Crippen molar-refractivity contribution in [3.63, 3.8) is 0 Å². The summed E-state index contributed by atoms with van der Waals surface area (Å²) in [5.41, 5.74) is 0. The van der Waals surface area contributed by atoms with E-state index in [0.29, 0.717) is 0 Å². The van der Waals surface area contributed by atoms with Crippen LogP contribution in [-0.4, -0.2) is 14.8 Å². The minimum atomic E-state index is -5.42. The van der Waals surface area contributed by atoms with Crippen molar-refractivity contribution in [2.45, 2.75) is 10.6 Å².